The maximum atomic E-state index is 14.2. The predicted molar refractivity (Wildman–Crippen MR) is 111 cm³/mol. The normalized spacial score (nSPS) is 22.1. The summed E-state index contributed by atoms with van der Waals surface area (Å²) in [6.45, 7) is 2.25. The topological polar surface area (TPSA) is 66.0 Å². The van der Waals surface area contributed by atoms with Gasteiger partial charge in [0.2, 0.25) is 0 Å². The molecule has 8 heteroatoms. The van der Waals surface area contributed by atoms with Gasteiger partial charge in [-0.15, -0.1) is 0 Å². The summed E-state index contributed by atoms with van der Waals surface area (Å²) in [6, 6.07) is 10.9. The van der Waals surface area contributed by atoms with Crippen molar-refractivity contribution in [3.8, 4) is 0 Å². The van der Waals surface area contributed by atoms with Gasteiger partial charge < -0.3 is 15.0 Å². The van der Waals surface area contributed by atoms with E-state index >= 15 is 0 Å². The molecular formula is C22H24F2N4O2. The maximum Gasteiger partial charge on any atom is 0.257 e. The lowest BCUT2D eigenvalue weighted by Crippen LogP contribution is -2.55. The van der Waals surface area contributed by atoms with E-state index in [2.05, 4.69) is 10.6 Å². The van der Waals surface area contributed by atoms with Gasteiger partial charge in [-0.25, -0.2) is 8.78 Å². The van der Waals surface area contributed by atoms with E-state index in [9.17, 15) is 13.6 Å². The number of benzene rings is 2. The molecule has 1 atom stereocenters. The Morgan fingerprint density at radius 3 is 2.93 bits per heavy atom. The number of carbonyl (C=O) groups excluding carboxylic acids is 1. The van der Waals surface area contributed by atoms with Gasteiger partial charge in [0.25, 0.3) is 5.91 Å². The number of nitrogens with zero attached hydrogens (tertiary/aromatic N) is 2. The van der Waals surface area contributed by atoms with E-state index in [1.54, 1.807) is 12.0 Å². The van der Waals surface area contributed by atoms with Crippen LogP contribution in [-0.4, -0.2) is 55.5 Å². The zero-order chi connectivity index (χ0) is 21.1. The molecule has 0 radical (unpaired) electrons. The number of ether oxygens (including phenoxy) is 1. The number of hydrogen-bond acceptors (Lipinski definition) is 4. The molecule has 1 fully saturated rings. The van der Waals surface area contributed by atoms with Gasteiger partial charge in [0.1, 0.15) is 17.5 Å². The lowest BCUT2D eigenvalue weighted by Gasteiger charge is -2.30. The van der Waals surface area contributed by atoms with Crippen LogP contribution in [0.1, 0.15) is 22.3 Å². The van der Waals surface area contributed by atoms with Gasteiger partial charge in [-0.2, -0.15) is 0 Å². The van der Waals surface area contributed by atoms with Crippen molar-refractivity contribution >= 4 is 17.4 Å². The summed E-state index contributed by atoms with van der Waals surface area (Å²) in [5, 5.41) is 6.99. The van der Waals surface area contributed by atoms with E-state index in [1.165, 1.54) is 0 Å². The lowest BCUT2D eigenvalue weighted by molar-refractivity contribution is 0.0780. The molecule has 1 amide bonds. The zero-order valence-electron chi connectivity index (χ0n) is 16.8. The third kappa shape index (κ3) is 3.93. The molecule has 2 N–H and O–H groups in total. The summed E-state index contributed by atoms with van der Waals surface area (Å²) < 4.78 is 32.9. The average molecular weight is 414 g/mol. The molecule has 6 nitrogen and oxygen atoms in total. The lowest BCUT2D eigenvalue weighted by atomic mass is 9.96. The summed E-state index contributed by atoms with van der Waals surface area (Å²) in [5.41, 5.74) is 1.19. The van der Waals surface area contributed by atoms with Crippen LogP contribution in [0.4, 0.5) is 14.5 Å². The number of hydrogen-bond donors (Lipinski definition) is 2. The Hall–Kier alpha value is -2.84. The van der Waals surface area contributed by atoms with E-state index in [1.807, 2.05) is 24.3 Å². The van der Waals surface area contributed by atoms with Crippen molar-refractivity contribution in [2.75, 3.05) is 38.7 Å². The Labute approximate surface area is 173 Å². The molecule has 4 rings (SSSR count). The van der Waals surface area contributed by atoms with Crippen LogP contribution in [0, 0.1) is 11.6 Å². The van der Waals surface area contributed by atoms with Crippen LogP contribution in [0.5, 0.6) is 0 Å². The number of likely N-dealkylation sites (tertiary alicyclic amines) is 1. The quantitative estimate of drug-likeness (QED) is 0.756. The van der Waals surface area contributed by atoms with Gasteiger partial charge in [0.15, 0.2) is 0 Å². The van der Waals surface area contributed by atoms with Crippen LogP contribution in [-0.2, 0) is 11.3 Å². The second kappa shape index (κ2) is 8.49. The Bertz CT molecular complexity index is 981. The molecule has 2 aliphatic heterocycles. The second-order valence-electron chi connectivity index (χ2n) is 7.54. The highest BCUT2D eigenvalue weighted by Crippen LogP contribution is 2.30. The van der Waals surface area contributed by atoms with Gasteiger partial charge in [0.05, 0.1) is 24.3 Å². The number of amidine groups is 1. The number of methoxy groups -OCH3 is 1. The molecule has 0 aromatic heterocycles. The predicted octanol–water partition coefficient (Wildman–Crippen LogP) is 2.81. The number of aliphatic imine (C=N–C) groups is 1. The van der Waals surface area contributed by atoms with Gasteiger partial charge in [-0.3, -0.25) is 15.1 Å². The number of anilines is 1. The highest BCUT2D eigenvalue weighted by molar-refractivity contribution is 6.05. The molecule has 158 valence electrons. The third-order valence-corrected chi connectivity index (χ3v) is 5.62. The van der Waals surface area contributed by atoms with Gasteiger partial charge in [0, 0.05) is 32.4 Å². The van der Waals surface area contributed by atoms with Crippen molar-refractivity contribution < 1.29 is 18.3 Å². The molecule has 2 heterocycles. The molecule has 2 aromatic rings. The van der Waals surface area contributed by atoms with E-state index in [4.69, 9.17) is 9.73 Å². The van der Waals surface area contributed by atoms with Crippen molar-refractivity contribution in [2.24, 2.45) is 4.99 Å². The first-order valence-corrected chi connectivity index (χ1v) is 9.90. The number of rotatable bonds is 4. The summed E-state index contributed by atoms with van der Waals surface area (Å²) in [7, 11) is 1.62. The van der Waals surface area contributed by atoms with Crippen LogP contribution < -0.4 is 10.6 Å². The number of para-hydroxylation sites is 1. The van der Waals surface area contributed by atoms with E-state index in [0.29, 0.717) is 39.2 Å². The zero-order valence-corrected chi connectivity index (χ0v) is 16.8. The van der Waals surface area contributed by atoms with Crippen LogP contribution in [0.2, 0.25) is 0 Å². The Kier molecular flexibility index (Phi) is 5.78. The Balaban J connectivity index is 1.62. The monoisotopic (exact) mass is 414 g/mol. The minimum absolute atomic E-state index is 0.255. The van der Waals surface area contributed by atoms with Crippen molar-refractivity contribution in [1.29, 1.82) is 0 Å². The fourth-order valence-electron chi connectivity index (χ4n) is 3.98. The van der Waals surface area contributed by atoms with Gasteiger partial charge in [-0.1, -0.05) is 18.2 Å². The van der Waals surface area contributed by atoms with E-state index in [-0.39, 0.29) is 5.56 Å². The Morgan fingerprint density at radius 2 is 2.10 bits per heavy atom. The summed E-state index contributed by atoms with van der Waals surface area (Å²) in [6.07, 6.45) is 0.600. The molecule has 0 saturated carbocycles. The number of nitrogens with one attached hydrogen (secondary N) is 2. The number of amides is 1. The maximum absolute atomic E-state index is 14.2. The molecule has 2 aliphatic rings. The van der Waals surface area contributed by atoms with Gasteiger partial charge >= 0.3 is 0 Å². The molecule has 1 spiro atoms. The van der Waals surface area contributed by atoms with E-state index in [0.717, 1.165) is 35.3 Å². The summed E-state index contributed by atoms with van der Waals surface area (Å²) >= 11 is 0. The molecule has 0 aliphatic carbocycles. The second-order valence-corrected chi connectivity index (χ2v) is 7.54. The summed E-state index contributed by atoms with van der Waals surface area (Å²) in [4.78, 5) is 19.2. The number of fused-ring (bicyclic) bond motifs is 1. The fourth-order valence-corrected chi connectivity index (χ4v) is 3.98. The van der Waals surface area contributed by atoms with Gasteiger partial charge in [-0.05, 0) is 36.2 Å². The first-order chi connectivity index (χ1) is 14.5. The van der Waals surface area contributed by atoms with Crippen LogP contribution >= 0.6 is 0 Å². The van der Waals surface area contributed by atoms with Crippen molar-refractivity contribution in [1.82, 2.24) is 10.2 Å². The highest BCUT2D eigenvalue weighted by Gasteiger charge is 2.45. The first kappa shape index (κ1) is 20.4. The van der Waals surface area contributed by atoms with Crippen molar-refractivity contribution in [3.05, 3.63) is 65.2 Å². The molecular weight excluding hydrogens is 390 g/mol. The standard InChI is InChI=1S/C22H24F2N4O2/c1-30-11-9-25-21-22(26-13-15-4-2-3-5-19(15)27-21)8-10-28(14-22)20(29)17-12-16(23)6-7-18(17)24/h2-7,12,26H,8-11,13-14H2,1H3,(H,25,27). The van der Waals surface area contributed by atoms with Crippen LogP contribution in [0.3, 0.4) is 0 Å². The summed E-state index contributed by atoms with van der Waals surface area (Å²) in [5.74, 6) is -1.17. The minimum atomic E-state index is -0.726. The minimum Gasteiger partial charge on any atom is -0.383 e. The van der Waals surface area contributed by atoms with Crippen LogP contribution in [0.15, 0.2) is 47.5 Å². The number of carbonyl (C=O) groups is 1. The third-order valence-electron chi connectivity index (χ3n) is 5.62. The number of halogens is 2. The molecule has 1 saturated heterocycles. The SMILES string of the molecule is COCCN=C1Nc2ccccc2CNC12CCN(C(=O)c1cc(F)ccc1F)C2. The molecule has 2 aromatic carbocycles. The van der Waals surface area contributed by atoms with Crippen molar-refractivity contribution in [2.45, 2.75) is 18.5 Å². The van der Waals surface area contributed by atoms with Crippen LogP contribution in [0.25, 0.3) is 0 Å². The Morgan fingerprint density at radius 1 is 1.27 bits per heavy atom. The first-order valence-electron chi connectivity index (χ1n) is 9.90. The molecule has 0 bridgehead atoms. The largest absolute Gasteiger partial charge is 0.383 e. The highest BCUT2D eigenvalue weighted by atomic mass is 19.1. The smallest absolute Gasteiger partial charge is 0.257 e. The van der Waals surface area contributed by atoms with E-state index < -0.39 is 23.1 Å². The average Bonchev–Trinajstić information content (AvgIpc) is 3.12. The van der Waals surface area contributed by atoms with Crippen molar-refractivity contribution in [3.63, 3.8) is 0 Å². The molecule has 1 unspecified atom stereocenters. The fraction of sp³-hybridized carbons (Fsp3) is 0.364. The molecule has 30 heavy (non-hydrogen) atoms.